The fraction of sp³-hybridized carbons (Fsp3) is 0.143. The van der Waals surface area contributed by atoms with Crippen LogP contribution in [-0.4, -0.2) is 12.2 Å². The molecule has 0 bridgehead atoms. The van der Waals surface area contributed by atoms with Gasteiger partial charge in [0.15, 0.2) is 0 Å². The molecule has 1 unspecified atom stereocenters. The Labute approximate surface area is 113 Å². The SMILES string of the molecule is COc1ccsc1C(O)c1cccc2ccsc12. The van der Waals surface area contributed by atoms with Gasteiger partial charge >= 0.3 is 0 Å². The van der Waals surface area contributed by atoms with Crippen LogP contribution >= 0.6 is 22.7 Å². The van der Waals surface area contributed by atoms with Crippen molar-refractivity contribution in [3.63, 3.8) is 0 Å². The third-order valence-corrected chi connectivity index (χ3v) is 4.86. The molecule has 4 heteroatoms. The lowest BCUT2D eigenvalue weighted by atomic mass is 10.1. The normalized spacial score (nSPS) is 12.8. The van der Waals surface area contributed by atoms with Gasteiger partial charge < -0.3 is 9.84 Å². The molecule has 3 rings (SSSR count). The Kier molecular flexibility index (Phi) is 3.07. The van der Waals surface area contributed by atoms with Crippen molar-refractivity contribution in [3.05, 3.63) is 51.5 Å². The van der Waals surface area contributed by atoms with Crippen LogP contribution < -0.4 is 4.74 Å². The number of hydrogen-bond acceptors (Lipinski definition) is 4. The predicted octanol–water partition coefficient (Wildman–Crippen LogP) is 4.05. The molecule has 1 atom stereocenters. The summed E-state index contributed by atoms with van der Waals surface area (Å²) in [4.78, 5) is 0.860. The standard InChI is InChI=1S/C14H12O2S2/c1-16-11-6-8-18-14(11)12(15)10-4-2-3-9-5-7-17-13(9)10/h2-8,12,15H,1H3. The van der Waals surface area contributed by atoms with Gasteiger partial charge in [0.2, 0.25) is 0 Å². The highest BCUT2D eigenvalue weighted by molar-refractivity contribution is 7.17. The molecule has 18 heavy (non-hydrogen) atoms. The van der Waals surface area contributed by atoms with E-state index in [1.165, 1.54) is 16.7 Å². The van der Waals surface area contributed by atoms with Gasteiger partial charge in [0, 0.05) is 10.3 Å². The van der Waals surface area contributed by atoms with E-state index in [-0.39, 0.29) is 0 Å². The van der Waals surface area contributed by atoms with E-state index in [4.69, 9.17) is 4.74 Å². The van der Waals surface area contributed by atoms with E-state index in [9.17, 15) is 5.11 Å². The van der Waals surface area contributed by atoms with Crippen LogP contribution in [0.1, 0.15) is 16.5 Å². The maximum absolute atomic E-state index is 10.5. The molecule has 0 saturated carbocycles. The van der Waals surface area contributed by atoms with E-state index in [0.717, 1.165) is 20.9 Å². The molecular formula is C14H12O2S2. The molecule has 0 fully saturated rings. The van der Waals surface area contributed by atoms with Crippen LogP contribution in [-0.2, 0) is 0 Å². The number of aliphatic hydroxyl groups is 1. The number of rotatable bonds is 3. The summed E-state index contributed by atoms with van der Waals surface area (Å²) in [5, 5.41) is 15.7. The van der Waals surface area contributed by atoms with Crippen molar-refractivity contribution < 1.29 is 9.84 Å². The molecule has 92 valence electrons. The summed E-state index contributed by atoms with van der Waals surface area (Å²) >= 11 is 3.17. The number of aliphatic hydroxyl groups excluding tert-OH is 1. The Morgan fingerprint density at radius 3 is 2.78 bits per heavy atom. The highest BCUT2D eigenvalue weighted by Gasteiger charge is 2.19. The molecule has 1 aromatic carbocycles. The van der Waals surface area contributed by atoms with Crippen LogP contribution in [0.15, 0.2) is 41.1 Å². The van der Waals surface area contributed by atoms with Crippen molar-refractivity contribution in [2.75, 3.05) is 7.11 Å². The molecule has 2 heterocycles. The van der Waals surface area contributed by atoms with Gasteiger partial charge in [-0.15, -0.1) is 22.7 Å². The van der Waals surface area contributed by atoms with Crippen LogP contribution in [0.25, 0.3) is 10.1 Å². The summed E-state index contributed by atoms with van der Waals surface area (Å²) in [5.41, 5.74) is 0.947. The average molecular weight is 276 g/mol. The van der Waals surface area contributed by atoms with Crippen molar-refractivity contribution >= 4 is 32.8 Å². The van der Waals surface area contributed by atoms with Crippen LogP contribution in [0.4, 0.5) is 0 Å². The van der Waals surface area contributed by atoms with Crippen molar-refractivity contribution in [3.8, 4) is 5.75 Å². The fourth-order valence-corrected chi connectivity index (χ4v) is 3.85. The van der Waals surface area contributed by atoms with Gasteiger partial charge in [-0.05, 0) is 28.3 Å². The Hall–Kier alpha value is -1.36. The predicted molar refractivity (Wildman–Crippen MR) is 76.8 cm³/mol. The monoisotopic (exact) mass is 276 g/mol. The topological polar surface area (TPSA) is 29.5 Å². The first-order valence-corrected chi connectivity index (χ1v) is 7.32. The van der Waals surface area contributed by atoms with Gasteiger partial charge in [-0.2, -0.15) is 0 Å². The van der Waals surface area contributed by atoms with Crippen LogP contribution in [0, 0.1) is 0 Å². The van der Waals surface area contributed by atoms with Crippen LogP contribution in [0.5, 0.6) is 5.75 Å². The second-order valence-corrected chi connectivity index (χ2v) is 5.81. The van der Waals surface area contributed by atoms with Gasteiger partial charge in [-0.1, -0.05) is 18.2 Å². The summed E-state index contributed by atoms with van der Waals surface area (Å²) in [6.07, 6.45) is -0.623. The average Bonchev–Trinajstić information content (AvgIpc) is 3.05. The number of methoxy groups -OCH3 is 1. The first-order valence-electron chi connectivity index (χ1n) is 5.57. The van der Waals surface area contributed by atoms with Crippen LogP contribution in [0.3, 0.4) is 0 Å². The molecule has 0 aliphatic rings. The van der Waals surface area contributed by atoms with E-state index in [0.29, 0.717) is 0 Å². The highest BCUT2D eigenvalue weighted by atomic mass is 32.1. The van der Waals surface area contributed by atoms with Crippen molar-refractivity contribution in [2.24, 2.45) is 0 Å². The summed E-state index contributed by atoms with van der Waals surface area (Å²) < 4.78 is 6.41. The number of thiophene rings is 2. The lowest BCUT2D eigenvalue weighted by molar-refractivity contribution is 0.221. The molecular weight excluding hydrogens is 264 g/mol. The van der Waals surface area contributed by atoms with Crippen LogP contribution in [0.2, 0.25) is 0 Å². The minimum Gasteiger partial charge on any atom is -0.495 e. The van der Waals surface area contributed by atoms with Gasteiger partial charge in [0.1, 0.15) is 11.9 Å². The van der Waals surface area contributed by atoms with Crippen molar-refractivity contribution in [1.82, 2.24) is 0 Å². The van der Waals surface area contributed by atoms with Gasteiger partial charge in [-0.25, -0.2) is 0 Å². The quantitative estimate of drug-likeness (QED) is 0.782. The third kappa shape index (κ3) is 1.82. The zero-order chi connectivity index (χ0) is 12.5. The van der Waals surface area contributed by atoms with E-state index in [1.54, 1.807) is 18.4 Å². The van der Waals surface area contributed by atoms with E-state index in [1.807, 2.05) is 29.0 Å². The summed E-state index contributed by atoms with van der Waals surface area (Å²) in [5.74, 6) is 0.751. The number of fused-ring (bicyclic) bond motifs is 1. The lowest BCUT2D eigenvalue weighted by Gasteiger charge is -2.12. The zero-order valence-corrected chi connectivity index (χ0v) is 11.4. The maximum Gasteiger partial charge on any atom is 0.135 e. The molecule has 2 aromatic heterocycles. The molecule has 0 aliphatic heterocycles. The number of ether oxygens (including phenoxy) is 1. The summed E-state index contributed by atoms with van der Waals surface area (Å²) in [6, 6.07) is 9.98. The Morgan fingerprint density at radius 2 is 1.94 bits per heavy atom. The summed E-state index contributed by atoms with van der Waals surface area (Å²) in [7, 11) is 1.63. The molecule has 0 amide bonds. The molecule has 0 aliphatic carbocycles. The Balaban J connectivity index is 2.12. The van der Waals surface area contributed by atoms with Gasteiger partial charge in [0.25, 0.3) is 0 Å². The van der Waals surface area contributed by atoms with Crippen molar-refractivity contribution in [1.29, 1.82) is 0 Å². The molecule has 2 nitrogen and oxygen atoms in total. The molecule has 0 radical (unpaired) electrons. The fourth-order valence-electron chi connectivity index (χ4n) is 2.05. The Bertz CT molecular complexity index is 669. The first-order chi connectivity index (χ1) is 8.81. The minimum atomic E-state index is -0.623. The largest absolute Gasteiger partial charge is 0.495 e. The number of benzene rings is 1. The van der Waals surface area contributed by atoms with Gasteiger partial charge in [0.05, 0.1) is 12.0 Å². The maximum atomic E-state index is 10.5. The molecule has 0 saturated heterocycles. The number of hydrogen-bond donors (Lipinski definition) is 1. The second-order valence-electron chi connectivity index (χ2n) is 3.94. The smallest absolute Gasteiger partial charge is 0.135 e. The van der Waals surface area contributed by atoms with E-state index >= 15 is 0 Å². The summed E-state index contributed by atoms with van der Waals surface area (Å²) in [6.45, 7) is 0. The third-order valence-electron chi connectivity index (χ3n) is 2.93. The first kappa shape index (κ1) is 11.7. The zero-order valence-electron chi connectivity index (χ0n) is 9.79. The van der Waals surface area contributed by atoms with Crippen molar-refractivity contribution in [2.45, 2.75) is 6.10 Å². The Morgan fingerprint density at radius 1 is 1.11 bits per heavy atom. The van der Waals surface area contributed by atoms with E-state index in [2.05, 4.69) is 12.1 Å². The molecule has 0 spiro atoms. The van der Waals surface area contributed by atoms with E-state index < -0.39 is 6.10 Å². The molecule has 1 N–H and O–H groups in total. The molecule has 3 aromatic rings. The minimum absolute atomic E-state index is 0.623. The highest BCUT2D eigenvalue weighted by Crippen LogP contribution is 2.38. The lowest BCUT2D eigenvalue weighted by Crippen LogP contribution is -1.99. The van der Waals surface area contributed by atoms with Gasteiger partial charge in [-0.3, -0.25) is 0 Å². The second kappa shape index (κ2) is 4.72.